The number of nitrogens with zero attached hydrogens (tertiary/aromatic N) is 2. The van der Waals surface area contributed by atoms with Gasteiger partial charge in [0.1, 0.15) is 5.82 Å². The maximum Gasteiger partial charge on any atom is 0.285 e. The fourth-order valence-corrected chi connectivity index (χ4v) is 2.29. The Morgan fingerprint density at radius 2 is 1.88 bits per heavy atom. The predicted molar refractivity (Wildman–Crippen MR) is 89.7 cm³/mol. The van der Waals surface area contributed by atoms with E-state index < -0.39 is 4.92 Å². The predicted octanol–water partition coefficient (Wildman–Crippen LogP) is 2.03. The minimum Gasteiger partial charge on any atom is -0.356 e. The Morgan fingerprint density at radius 3 is 2.56 bits per heavy atom. The largest absolute Gasteiger partial charge is 0.356 e. The molecule has 0 spiro atoms. The van der Waals surface area contributed by atoms with Crippen molar-refractivity contribution in [3.05, 3.63) is 74.4 Å². The second-order valence-corrected chi connectivity index (χ2v) is 5.54. The highest BCUT2D eigenvalue weighted by Gasteiger charge is 2.07. The summed E-state index contributed by atoms with van der Waals surface area (Å²) in [6.45, 7) is 0.776. The van der Waals surface area contributed by atoms with Crippen molar-refractivity contribution in [3.8, 4) is 0 Å². The lowest BCUT2D eigenvalue weighted by molar-refractivity contribution is -0.385. The number of hydrogen-bond donors (Lipinski definition) is 1. The average molecular weight is 347 g/mol. The summed E-state index contributed by atoms with van der Waals surface area (Å²) in [5.74, 6) is -0.514. The van der Waals surface area contributed by atoms with Crippen LogP contribution in [0.15, 0.2) is 47.4 Å². The van der Waals surface area contributed by atoms with Crippen molar-refractivity contribution in [1.82, 2.24) is 9.88 Å². The van der Waals surface area contributed by atoms with E-state index in [1.165, 1.54) is 35.0 Å². The van der Waals surface area contributed by atoms with E-state index in [0.717, 1.165) is 5.56 Å². The molecule has 1 amide bonds. The molecule has 0 unspecified atom stereocenters. The number of carbonyl (C=O) groups is 1. The van der Waals surface area contributed by atoms with Crippen LogP contribution >= 0.6 is 0 Å². The van der Waals surface area contributed by atoms with Crippen LogP contribution in [0.1, 0.15) is 18.4 Å². The number of halogens is 1. The summed E-state index contributed by atoms with van der Waals surface area (Å²) < 4.78 is 14.1. The first-order chi connectivity index (χ1) is 12.0. The molecule has 8 heteroatoms. The number of amides is 1. The zero-order valence-corrected chi connectivity index (χ0v) is 13.5. The third kappa shape index (κ3) is 5.83. The van der Waals surface area contributed by atoms with E-state index in [-0.39, 0.29) is 29.4 Å². The number of pyridine rings is 1. The number of unbranched alkanes of at least 4 members (excludes halogenated alkanes) is 1. The molecule has 1 aromatic carbocycles. The van der Waals surface area contributed by atoms with Crippen molar-refractivity contribution in [1.29, 1.82) is 0 Å². The number of aromatic nitrogens is 1. The summed E-state index contributed by atoms with van der Waals surface area (Å²) in [6, 6.07) is 8.07. The van der Waals surface area contributed by atoms with Gasteiger partial charge in [-0.25, -0.2) is 4.39 Å². The first kappa shape index (κ1) is 18.3. The molecular weight excluding hydrogens is 329 g/mol. The van der Waals surface area contributed by atoms with Crippen LogP contribution in [0.3, 0.4) is 0 Å². The van der Waals surface area contributed by atoms with Gasteiger partial charge < -0.3 is 9.88 Å². The van der Waals surface area contributed by atoms with E-state index in [1.807, 2.05) is 0 Å². The highest BCUT2D eigenvalue weighted by atomic mass is 19.1. The zero-order valence-electron chi connectivity index (χ0n) is 13.5. The van der Waals surface area contributed by atoms with Crippen molar-refractivity contribution >= 4 is 11.6 Å². The Hall–Kier alpha value is -3.03. The Balaban J connectivity index is 1.72. The first-order valence-corrected chi connectivity index (χ1v) is 7.82. The van der Waals surface area contributed by atoms with Gasteiger partial charge in [-0.05, 0) is 30.5 Å². The van der Waals surface area contributed by atoms with Crippen LogP contribution in [0.4, 0.5) is 10.1 Å². The minimum absolute atomic E-state index is 0.132. The number of benzene rings is 1. The van der Waals surface area contributed by atoms with E-state index >= 15 is 0 Å². The van der Waals surface area contributed by atoms with Gasteiger partial charge in [0.05, 0.1) is 17.5 Å². The van der Waals surface area contributed by atoms with Crippen molar-refractivity contribution in [2.24, 2.45) is 0 Å². The van der Waals surface area contributed by atoms with Gasteiger partial charge in [0.25, 0.3) is 11.2 Å². The second kappa shape index (κ2) is 8.72. The molecular formula is C17H18FN3O4. The topological polar surface area (TPSA) is 94.2 Å². The second-order valence-electron chi connectivity index (χ2n) is 5.54. The molecule has 0 fully saturated rings. The minimum atomic E-state index is -0.550. The Bertz CT molecular complexity index is 802. The molecule has 7 nitrogen and oxygen atoms in total. The monoisotopic (exact) mass is 347 g/mol. The van der Waals surface area contributed by atoms with Crippen molar-refractivity contribution in [3.63, 3.8) is 0 Å². The van der Waals surface area contributed by atoms with Crippen molar-refractivity contribution in [2.45, 2.75) is 25.8 Å². The number of carbonyl (C=O) groups excluding carboxylic acids is 1. The lowest BCUT2D eigenvalue weighted by Gasteiger charge is -2.07. The molecule has 1 heterocycles. The summed E-state index contributed by atoms with van der Waals surface area (Å²) in [4.78, 5) is 33.6. The van der Waals surface area contributed by atoms with E-state index in [0.29, 0.717) is 25.9 Å². The molecule has 0 bridgehead atoms. The third-order valence-corrected chi connectivity index (χ3v) is 3.60. The highest BCUT2D eigenvalue weighted by molar-refractivity contribution is 5.78. The van der Waals surface area contributed by atoms with E-state index in [1.54, 1.807) is 12.1 Å². The molecule has 0 saturated heterocycles. The quantitative estimate of drug-likeness (QED) is 0.449. The Labute approximate surface area is 143 Å². The molecule has 0 saturated carbocycles. The molecule has 0 atom stereocenters. The summed E-state index contributed by atoms with van der Waals surface area (Å²) >= 11 is 0. The average Bonchev–Trinajstić information content (AvgIpc) is 2.58. The molecule has 25 heavy (non-hydrogen) atoms. The van der Waals surface area contributed by atoms with Gasteiger partial charge in [0.2, 0.25) is 5.91 Å². The number of nitrogens with one attached hydrogen (secondary N) is 1. The first-order valence-electron chi connectivity index (χ1n) is 7.82. The Kier molecular flexibility index (Phi) is 6.39. The SMILES string of the molecule is O=C(Cc1ccc(F)cc1)NCCCCn1cc([N+](=O)[O-])ccc1=O. The lowest BCUT2D eigenvalue weighted by Crippen LogP contribution is -2.26. The normalized spacial score (nSPS) is 10.4. The van der Waals surface area contributed by atoms with Gasteiger partial charge in [-0.15, -0.1) is 0 Å². The number of nitro groups is 1. The highest BCUT2D eigenvalue weighted by Crippen LogP contribution is 2.07. The molecule has 2 rings (SSSR count). The van der Waals surface area contributed by atoms with Crippen LogP contribution < -0.4 is 10.9 Å². The van der Waals surface area contributed by atoms with Gasteiger partial charge in [-0.3, -0.25) is 19.7 Å². The van der Waals surface area contributed by atoms with E-state index in [9.17, 15) is 24.1 Å². The van der Waals surface area contributed by atoms with Crippen molar-refractivity contribution in [2.75, 3.05) is 6.54 Å². The van der Waals surface area contributed by atoms with Crippen LogP contribution in [0.25, 0.3) is 0 Å². The lowest BCUT2D eigenvalue weighted by atomic mass is 10.1. The molecule has 0 aliphatic carbocycles. The van der Waals surface area contributed by atoms with Gasteiger partial charge in [0.15, 0.2) is 0 Å². The van der Waals surface area contributed by atoms with Gasteiger partial charge in [-0.1, -0.05) is 12.1 Å². The smallest absolute Gasteiger partial charge is 0.285 e. The summed E-state index contributed by atoms with van der Waals surface area (Å²) in [5, 5.41) is 13.5. The van der Waals surface area contributed by atoms with Crippen LogP contribution in [0, 0.1) is 15.9 Å². The molecule has 2 aromatic rings. The fraction of sp³-hybridized carbons (Fsp3) is 0.294. The molecule has 0 aliphatic rings. The third-order valence-electron chi connectivity index (χ3n) is 3.60. The van der Waals surface area contributed by atoms with Gasteiger partial charge in [-0.2, -0.15) is 0 Å². The molecule has 1 N–H and O–H groups in total. The maximum absolute atomic E-state index is 12.8. The molecule has 0 radical (unpaired) electrons. The summed E-state index contributed by atoms with van der Waals surface area (Å²) in [6.07, 6.45) is 2.61. The number of rotatable bonds is 8. The molecule has 1 aromatic heterocycles. The van der Waals surface area contributed by atoms with Crippen LogP contribution in [-0.2, 0) is 17.8 Å². The summed E-state index contributed by atoms with van der Waals surface area (Å²) in [7, 11) is 0. The fourth-order valence-electron chi connectivity index (χ4n) is 2.29. The Morgan fingerprint density at radius 1 is 1.16 bits per heavy atom. The molecule has 0 aliphatic heterocycles. The summed E-state index contributed by atoms with van der Waals surface area (Å²) in [5.41, 5.74) is 0.292. The van der Waals surface area contributed by atoms with Crippen LogP contribution in [0.2, 0.25) is 0 Å². The standard InChI is InChI=1S/C17H18FN3O4/c18-14-5-3-13(4-6-14)11-16(22)19-9-1-2-10-20-12-15(21(24)25)7-8-17(20)23/h3-8,12H,1-2,9-11H2,(H,19,22). The van der Waals surface area contributed by atoms with Crippen LogP contribution in [0.5, 0.6) is 0 Å². The van der Waals surface area contributed by atoms with Gasteiger partial charge >= 0.3 is 0 Å². The van der Waals surface area contributed by atoms with E-state index in [2.05, 4.69) is 5.32 Å². The number of hydrogen-bond acceptors (Lipinski definition) is 4. The number of aryl methyl sites for hydroxylation is 1. The van der Waals surface area contributed by atoms with Gasteiger partial charge in [0, 0.05) is 25.2 Å². The molecule has 132 valence electrons. The maximum atomic E-state index is 12.8. The van der Waals surface area contributed by atoms with Crippen molar-refractivity contribution < 1.29 is 14.1 Å². The van der Waals surface area contributed by atoms with E-state index in [4.69, 9.17) is 0 Å². The zero-order chi connectivity index (χ0) is 18.2. The van der Waals surface area contributed by atoms with Crippen LogP contribution in [-0.4, -0.2) is 21.9 Å².